The number of aromatic amines is 2. The lowest BCUT2D eigenvalue weighted by atomic mass is 10.1. The molecule has 4 aromatic rings. The second-order valence-corrected chi connectivity index (χ2v) is 7.09. The molecular formula is C19H15N5O3S. The quantitative estimate of drug-likeness (QED) is 0.491. The van der Waals surface area contributed by atoms with E-state index in [9.17, 15) is 14.4 Å². The van der Waals surface area contributed by atoms with Crippen LogP contribution >= 0.6 is 11.3 Å². The van der Waals surface area contributed by atoms with Crippen LogP contribution in [0.2, 0.25) is 0 Å². The van der Waals surface area contributed by atoms with E-state index in [0.717, 1.165) is 16.8 Å². The molecular weight excluding hydrogens is 378 g/mol. The van der Waals surface area contributed by atoms with Crippen molar-refractivity contribution in [3.8, 4) is 11.3 Å². The number of carbonyl (C=O) groups is 1. The minimum atomic E-state index is -0.641. The van der Waals surface area contributed by atoms with Crippen LogP contribution in [0.25, 0.3) is 22.3 Å². The summed E-state index contributed by atoms with van der Waals surface area (Å²) in [5.74, 6) is -0.317. The van der Waals surface area contributed by atoms with Crippen molar-refractivity contribution in [1.82, 2.24) is 19.9 Å². The molecule has 0 aliphatic heterocycles. The average molecular weight is 393 g/mol. The van der Waals surface area contributed by atoms with Crippen LogP contribution in [0, 0.1) is 6.92 Å². The topological polar surface area (TPSA) is 121 Å². The van der Waals surface area contributed by atoms with Crippen LogP contribution in [0.3, 0.4) is 0 Å². The number of amides is 1. The second-order valence-electron chi connectivity index (χ2n) is 6.23. The van der Waals surface area contributed by atoms with Crippen molar-refractivity contribution in [3.63, 3.8) is 0 Å². The Morgan fingerprint density at radius 1 is 1.14 bits per heavy atom. The number of hydrogen-bond acceptors (Lipinski definition) is 6. The summed E-state index contributed by atoms with van der Waals surface area (Å²) >= 11 is 1.33. The minimum absolute atomic E-state index is 0.0480. The molecule has 0 fully saturated rings. The molecule has 9 heteroatoms. The van der Waals surface area contributed by atoms with Gasteiger partial charge in [0.1, 0.15) is 5.65 Å². The number of hydrogen-bond donors (Lipinski definition) is 3. The first-order valence-corrected chi connectivity index (χ1v) is 9.30. The number of nitrogens with one attached hydrogen (secondary N) is 3. The molecule has 1 aromatic carbocycles. The van der Waals surface area contributed by atoms with Crippen LogP contribution in [-0.2, 0) is 11.2 Å². The molecule has 8 nitrogen and oxygen atoms in total. The standard InChI is InChI=1S/C19H15N5O3S/c1-10-2-4-11(5-3-10)13-9-28-19(21-13)22-14(25)8-12-6-7-20-16-15(12)17(26)24-18(27)23-16/h2-7,9H,8H2,1H3,(H,21,22,25)(H2,20,23,24,26,27). The lowest BCUT2D eigenvalue weighted by molar-refractivity contribution is -0.115. The van der Waals surface area contributed by atoms with Crippen molar-refractivity contribution in [2.75, 3.05) is 5.32 Å². The highest BCUT2D eigenvalue weighted by Crippen LogP contribution is 2.25. The van der Waals surface area contributed by atoms with Gasteiger partial charge in [0, 0.05) is 17.1 Å². The molecule has 3 aromatic heterocycles. The summed E-state index contributed by atoms with van der Waals surface area (Å²) in [6.45, 7) is 2.01. The smallest absolute Gasteiger partial charge is 0.302 e. The number of nitrogens with zero attached hydrogens (tertiary/aromatic N) is 2. The first-order chi connectivity index (χ1) is 13.5. The van der Waals surface area contributed by atoms with E-state index < -0.39 is 11.2 Å². The number of rotatable bonds is 4. The van der Waals surface area contributed by atoms with E-state index in [-0.39, 0.29) is 23.4 Å². The number of aromatic nitrogens is 4. The van der Waals surface area contributed by atoms with Gasteiger partial charge in [-0.1, -0.05) is 29.8 Å². The Kier molecular flexibility index (Phi) is 4.58. The Bertz CT molecular complexity index is 1290. The van der Waals surface area contributed by atoms with E-state index in [4.69, 9.17) is 0 Å². The van der Waals surface area contributed by atoms with Gasteiger partial charge < -0.3 is 5.32 Å². The Morgan fingerprint density at radius 3 is 2.71 bits per heavy atom. The third kappa shape index (κ3) is 3.60. The van der Waals surface area contributed by atoms with E-state index >= 15 is 0 Å². The molecule has 3 N–H and O–H groups in total. The molecule has 0 saturated carbocycles. The molecule has 4 rings (SSSR count). The monoisotopic (exact) mass is 393 g/mol. The number of benzene rings is 1. The first-order valence-electron chi connectivity index (χ1n) is 8.42. The highest BCUT2D eigenvalue weighted by Gasteiger charge is 2.13. The predicted molar refractivity (Wildman–Crippen MR) is 108 cm³/mol. The van der Waals surface area contributed by atoms with Crippen LogP contribution < -0.4 is 16.6 Å². The van der Waals surface area contributed by atoms with Crippen molar-refractivity contribution in [2.24, 2.45) is 0 Å². The summed E-state index contributed by atoms with van der Waals surface area (Å²) in [6.07, 6.45) is 1.40. The van der Waals surface area contributed by atoms with Crippen molar-refractivity contribution >= 4 is 33.4 Å². The van der Waals surface area contributed by atoms with Crippen LogP contribution in [0.4, 0.5) is 5.13 Å². The zero-order valence-corrected chi connectivity index (χ0v) is 15.6. The summed E-state index contributed by atoms with van der Waals surface area (Å²) in [5, 5.41) is 5.29. The molecule has 0 aliphatic rings. The largest absolute Gasteiger partial charge is 0.327 e. The van der Waals surface area contributed by atoms with E-state index in [0.29, 0.717) is 10.7 Å². The van der Waals surface area contributed by atoms with Crippen LogP contribution in [0.15, 0.2) is 51.5 Å². The van der Waals surface area contributed by atoms with Gasteiger partial charge in [0.2, 0.25) is 5.91 Å². The van der Waals surface area contributed by atoms with Gasteiger partial charge in [0.05, 0.1) is 17.5 Å². The fourth-order valence-corrected chi connectivity index (χ4v) is 3.56. The summed E-state index contributed by atoms with van der Waals surface area (Å²) in [4.78, 5) is 48.9. The van der Waals surface area contributed by atoms with Gasteiger partial charge in [-0.3, -0.25) is 19.6 Å². The second kappa shape index (κ2) is 7.20. The van der Waals surface area contributed by atoms with Gasteiger partial charge in [0.15, 0.2) is 5.13 Å². The third-order valence-corrected chi connectivity index (χ3v) is 4.93. The number of H-pyrrole nitrogens is 2. The molecule has 0 radical (unpaired) electrons. The Labute approximate surface area is 162 Å². The Morgan fingerprint density at radius 2 is 1.93 bits per heavy atom. The van der Waals surface area contributed by atoms with E-state index in [1.807, 2.05) is 36.6 Å². The third-order valence-electron chi connectivity index (χ3n) is 4.17. The molecule has 0 unspecified atom stereocenters. The molecule has 0 aliphatic carbocycles. The highest BCUT2D eigenvalue weighted by molar-refractivity contribution is 7.14. The van der Waals surface area contributed by atoms with Crippen molar-refractivity contribution in [2.45, 2.75) is 13.3 Å². The van der Waals surface area contributed by atoms with Gasteiger partial charge in [-0.05, 0) is 18.6 Å². The number of fused-ring (bicyclic) bond motifs is 1. The predicted octanol–water partition coefficient (Wildman–Crippen LogP) is 2.22. The molecule has 140 valence electrons. The maximum absolute atomic E-state index is 12.4. The van der Waals surface area contributed by atoms with E-state index in [2.05, 4.69) is 25.3 Å². The maximum atomic E-state index is 12.4. The summed E-state index contributed by atoms with van der Waals surface area (Å²) in [5.41, 5.74) is 2.31. The van der Waals surface area contributed by atoms with Crippen molar-refractivity contribution < 1.29 is 4.79 Å². The number of thiazole rings is 1. The SMILES string of the molecule is Cc1ccc(-c2csc(NC(=O)Cc3ccnc4[nH]c(=O)[nH]c(=O)c34)n2)cc1. The summed E-state index contributed by atoms with van der Waals surface area (Å²) < 4.78 is 0. The lowest BCUT2D eigenvalue weighted by Gasteiger charge is -2.05. The molecule has 0 atom stereocenters. The van der Waals surface area contributed by atoms with Gasteiger partial charge in [-0.25, -0.2) is 14.8 Å². The number of pyridine rings is 1. The van der Waals surface area contributed by atoms with Crippen molar-refractivity contribution in [1.29, 1.82) is 0 Å². The average Bonchev–Trinajstić information content (AvgIpc) is 3.10. The van der Waals surface area contributed by atoms with Crippen LogP contribution in [0.5, 0.6) is 0 Å². The van der Waals surface area contributed by atoms with Gasteiger partial charge in [-0.2, -0.15) is 0 Å². The lowest BCUT2D eigenvalue weighted by Crippen LogP contribution is -2.24. The zero-order chi connectivity index (χ0) is 19.7. The van der Waals surface area contributed by atoms with Gasteiger partial charge in [0.25, 0.3) is 5.56 Å². The van der Waals surface area contributed by atoms with Crippen LogP contribution in [-0.4, -0.2) is 25.8 Å². The molecule has 1 amide bonds. The minimum Gasteiger partial charge on any atom is -0.302 e. The Hall–Kier alpha value is -3.59. The summed E-state index contributed by atoms with van der Waals surface area (Å²) in [7, 11) is 0. The summed E-state index contributed by atoms with van der Waals surface area (Å²) in [6, 6.07) is 9.54. The zero-order valence-electron chi connectivity index (χ0n) is 14.8. The molecule has 28 heavy (non-hydrogen) atoms. The van der Waals surface area contributed by atoms with Gasteiger partial charge in [-0.15, -0.1) is 11.3 Å². The van der Waals surface area contributed by atoms with Crippen LogP contribution in [0.1, 0.15) is 11.1 Å². The number of aryl methyl sites for hydroxylation is 1. The molecule has 3 heterocycles. The molecule has 0 saturated heterocycles. The number of anilines is 1. The maximum Gasteiger partial charge on any atom is 0.327 e. The van der Waals surface area contributed by atoms with E-state index in [1.54, 1.807) is 6.07 Å². The highest BCUT2D eigenvalue weighted by atomic mass is 32.1. The Balaban J connectivity index is 1.54. The number of carbonyl (C=O) groups excluding carboxylic acids is 1. The first kappa shape index (κ1) is 17.8. The van der Waals surface area contributed by atoms with Gasteiger partial charge >= 0.3 is 5.69 Å². The normalized spacial score (nSPS) is 10.9. The fraction of sp³-hybridized carbons (Fsp3) is 0.105. The molecule has 0 spiro atoms. The molecule has 0 bridgehead atoms. The fourth-order valence-electron chi connectivity index (χ4n) is 2.83. The van der Waals surface area contributed by atoms with E-state index in [1.165, 1.54) is 17.5 Å². The van der Waals surface area contributed by atoms with Crippen molar-refractivity contribution in [3.05, 3.63) is 73.9 Å².